The van der Waals surface area contributed by atoms with Gasteiger partial charge in [0.25, 0.3) is 5.69 Å². The highest BCUT2D eigenvalue weighted by Crippen LogP contribution is 2.29. The molecule has 2 rings (SSSR count). The fraction of sp³-hybridized carbons (Fsp3) is 0.167. The van der Waals surface area contributed by atoms with Crippen LogP contribution in [0.3, 0.4) is 0 Å². The highest BCUT2D eigenvalue weighted by atomic mass is 16.6. The van der Waals surface area contributed by atoms with Crippen LogP contribution >= 0.6 is 0 Å². The number of nitrogens with zero attached hydrogens (tertiary/aromatic N) is 2. The summed E-state index contributed by atoms with van der Waals surface area (Å²) in [6.07, 6.45) is 1.36. The fourth-order valence-corrected chi connectivity index (χ4v) is 1.86. The van der Waals surface area contributed by atoms with Gasteiger partial charge in [-0.1, -0.05) is 6.07 Å². The summed E-state index contributed by atoms with van der Waals surface area (Å²) < 4.78 is 4.63. The number of hydrogen-bond donors (Lipinski definition) is 0. The van der Waals surface area contributed by atoms with Crippen molar-refractivity contribution in [3.63, 3.8) is 0 Å². The minimum absolute atomic E-state index is 0.0526. The molecule has 0 amide bonds. The maximum Gasteiger partial charge on any atom is 0.357 e. The summed E-state index contributed by atoms with van der Waals surface area (Å²) in [5.41, 5.74) is 0.781. The molecule has 0 bridgehead atoms. The van der Waals surface area contributed by atoms with Crippen molar-refractivity contribution in [1.82, 2.24) is 4.98 Å². The Morgan fingerprint density at radius 1 is 1.39 bits per heavy atom. The van der Waals surface area contributed by atoms with Crippen LogP contribution in [0.25, 0.3) is 10.8 Å². The molecule has 2 aromatic rings. The third-order valence-corrected chi connectivity index (χ3v) is 2.69. The molecule has 1 heterocycles. The first-order valence-corrected chi connectivity index (χ1v) is 5.17. The summed E-state index contributed by atoms with van der Waals surface area (Å²) in [5.74, 6) is -0.607. The highest BCUT2D eigenvalue weighted by molar-refractivity contribution is 6.06. The molecule has 0 spiro atoms. The van der Waals surface area contributed by atoms with Crippen LogP contribution in [0.15, 0.2) is 24.4 Å². The molecule has 6 heteroatoms. The normalized spacial score (nSPS) is 10.3. The second kappa shape index (κ2) is 4.40. The molecular formula is C12H10N2O4. The lowest BCUT2D eigenvalue weighted by molar-refractivity contribution is -0.383. The van der Waals surface area contributed by atoms with Gasteiger partial charge in [-0.15, -0.1) is 0 Å². The van der Waals surface area contributed by atoms with Crippen LogP contribution in [-0.4, -0.2) is 23.0 Å². The van der Waals surface area contributed by atoms with Crippen LogP contribution in [0.5, 0.6) is 0 Å². The van der Waals surface area contributed by atoms with Gasteiger partial charge in [-0.2, -0.15) is 0 Å². The Morgan fingerprint density at radius 2 is 2.11 bits per heavy atom. The lowest BCUT2D eigenvalue weighted by Crippen LogP contribution is -2.06. The number of aromatic nitrogens is 1. The van der Waals surface area contributed by atoms with Crippen LogP contribution in [-0.2, 0) is 4.74 Å². The number of ether oxygens (including phenoxy) is 1. The molecule has 0 saturated heterocycles. The predicted molar refractivity (Wildman–Crippen MR) is 64.5 cm³/mol. The van der Waals surface area contributed by atoms with Gasteiger partial charge >= 0.3 is 5.97 Å². The summed E-state index contributed by atoms with van der Waals surface area (Å²) in [6, 6.07) is 4.53. The highest BCUT2D eigenvalue weighted by Gasteiger charge is 2.19. The molecular weight excluding hydrogens is 236 g/mol. The first kappa shape index (κ1) is 12.0. The van der Waals surface area contributed by atoms with Crippen molar-refractivity contribution in [2.45, 2.75) is 6.92 Å². The largest absolute Gasteiger partial charge is 0.464 e. The molecule has 92 valence electrons. The lowest BCUT2D eigenvalue weighted by atomic mass is 10.0. The molecule has 1 aromatic carbocycles. The molecule has 0 radical (unpaired) electrons. The maximum atomic E-state index is 11.6. The molecule has 0 saturated carbocycles. The Labute approximate surface area is 102 Å². The van der Waals surface area contributed by atoms with E-state index in [9.17, 15) is 14.9 Å². The molecule has 0 unspecified atom stereocenters. The van der Waals surface area contributed by atoms with Crippen LogP contribution in [0.4, 0.5) is 5.69 Å². The Balaban J connectivity index is 2.88. The van der Waals surface area contributed by atoms with Gasteiger partial charge in [0.05, 0.1) is 17.4 Å². The van der Waals surface area contributed by atoms with Gasteiger partial charge < -0.3 is 4.74 Å². The number of esters is 1. The summed E-state index contributed by atoms with van der Waals surface area (Å²) in [7, 11) is 1.25. The van der Waals surface area contributed by atoms with E-state index in [0.29, 0.717) is 10.8 Å². The van der Waals surface area contributed by atoms with Crippen molar-refractivity contribution in [3.8, 4) is 0 Å². The van der Waals surface area contributed by atoms with Gasteiger partial charge in [0.15, 0.2) is 5.69 Å². The third kappa shape index (κ3) is 1.77. The average molecular weight is 246 g/mol. The molecule has 18 heavy (non-hydrogen) atoms. The van der Waals surface area contributed by atoms with Gasteiger partial charge in [0.1, 0.15) is 0 Å². The van der Waals surface area contributed by atoms with Crippen molar-refractivity contribution >= 4 is 22.4 Å². The summed E-state index contributed by atoms with van der Waals surface area (Å²) in [6.45, 7) is 1.76. The van der Waals surface area contributed by atoms with E-state index < -0.39 is 10.9 Å². The van der Waals surface area contributed by atoms with E-state index in [0.717, 1.165) is 5.56 Å². The van der Waals surface area contributed by atoms with Gasteiger partial charge in [-0.3, -0.25) is 10.1 Å². The van der Waals surface area contributed by atoms with Gasteiger partial charge in [0, 0.05) is 17.6 Å². The molecule has 6 nitrogen and oxygen atoms in total. The standard InChI is InChI=1S/C12H10N2O4/c1-7-3-4-9(14(16)17)8-5-6-13-11(10(7)8)12(15)18-2/h3-6H,1-2H3. The Morgan fingerprint density at radius 3 is 2.72 bits per heavy atom. The van der Waals surface area contributed by atoms with E-state index in [1.54, 1.807) is 13.0 Å². The van der Waals surface area contributed by atoms with Crippen molar-refractivity contribution in [3.05, 3.63) is 45.8 Å². The van der Waals surface area contributed by atoms with Crippen LogP contribution in [0.1, 0.15) is 16.1 Å². The number of benzene rings is 1. The number of nitro benzene ring substituents is 1. The Kier molecular flexibility index (Phi) is 2.93. The summed E-state index contributed by atoms with van der Waals surface area (Å²) in [4.78, 5) is 26.0. The summed E-state index contributed by atoms with van der Waals surface area (Å²) >= 11 is 0. The first-order chi connectivity index (χ1) is 8.56. The average Bonchev–Trinajstić information content (AvgIpc) is 2.37. The molecule has 0 aliphatic carbocycles. The van der Waals surface area contributed by atoms with Crippen LogP contribution in [0, 0.1) is 17.0 Å². The zero-order valence-corrected chi connectivity index (χ0v) is 9.84. The molecule has 0 aliphatic heterocycles. The zero-order chi connectivity index (χ0) is 13.3. The number of aryl methyl sites for hydroxylation is 1. The Hall–Kier alpha value is -2.50. The molecule has 0 N–H and O–H groups in total. The number of rotatable bonds is 2. The topological polar surface area (TPSA) is 82.3 Å². The smallest absolute Gasteiger partial charge is 0.357 e. The monoisotopic (exact) mass is 246 g/mol. The molecule has 1 aromatic heterocycles. The van der Waals surface area contributed by atoms with Crippen molar-refractivity contribution in [2.75, 3.05) is 7.11 Å². The SMILES string of the molecule is COC(=O)c1nccc2c([N+](=O)[O-])ccc(C)c12. The number of pyridine rings is 1. The molecule has 0 atom stereocenters. The summed E-state index contributed by atoms with van der Waals surface area (Å²) in [5, 5.41) is 11.8. The van der Waals surface area contributed by atoms with Gasteiger partial charge in [-0.05, 0) is 18.6 Å². The zero-order valence-electron chi connectivity index (χ0n) is 9.84. The van der Waals surface area contributed by atoms with E-state index in [2.05, 4.69) is 9.72 Å². The fourth-order valence-electron chi connectivity index (χ4n) is 1.86. The second-order valence-corrected chi connectivity index (χ2v) is 3.73. The third-order valence-electron chi connectivity index (χ3n) is 2.69. The van der Waals surface area contributed by atoms with Gasteiger partial charge in [-0.25, -0.2) is 9.78 Å². The number of non-ortho nitro benzene ring substituents is 1. The predicted octanol–water partition coefficient (Wildman–Crippen LogP) is 2.24. The van der Waals surface area contributed by atoms with Crippen molar-refractivity contribution in [2.24, 2.45) is 0 Å². The Bertz CT molecular complexity index is 652. The minimum atomic E-state index is -0.607. The first-order valence-electron chi connectivity index (χ1n) is 5.17. The molecule has 0 aliphatic rings. The minimum Gasteiger partial charge on any atom is -0.464 e. The number of fused-ring (bicyclic) bond motifs is 1. The lowest BCUT2D eigenvalue weighted by Gasteiger charge is -2.07. The number of hydrogen-bond acceptors (Lipinski definition) is 5. The van der Waals surface area contributed by atoms with Crippen molar-refractivity contribution in [1.29, 1.82) is 0 Å². The van der Waals surface area contributed by atoms with Crippen LogP contribution < -0.4 is 0 Å². The number of nitro groups is 1. The van der Waals surface area contributed by atoms with E-state index >= 15 is 0 Å². The second-order valence-electron chi connectivity index (χ2n) is 3.73. The maximum absolute atomic E-state index is 11.6. The quantitative estimate of drug-likeness (QED) is 0.461. The van der Waals surface area contributed by atoms with Crippen LogP contribution in [0.2, 0.25) is 0 Å². The van der Waals surface area contributed by atoms with Gasteiger partial charge in [0.2, 0.25) is 0 Å². The van der Waals surface area contributed by atoms with E-state index in [1.807, 2.05) is 0 Å². The van der Waals surface area contributed by atoms with E-state index in [4.69, 9.17) is 0 Å². The van der Waals surface area contributed by atoms with Crippen molar-refractivity contribution < 1.29 is 14.5 Å². The number of carbonyl (C=O) groups excluding carboxylic acids is 1. The number of methoxy groups -OCH3 is 1. The van der Waals surface area contributed by atoms with E-state index in [-0.39, 0.29) is 11.4 Å². The van der Waals surface area contributed by atoms with E-state index in [1.165, 1.54) is 25.4 Å². The molecule has 0 fully saturated rings. The number of carbonyl (C=O) groups is 1.